The van der Waals surface area contributed by atoms with E-state index < -0.39 is 28.7 Å². The van der Waals surface area contributed by atoms with Gasteiger partial charge < -0.3 is 14.2 Å². The zero-order chi connectivity index (χ0) is 18.9. The molecule has 6 nitrogen and oxygen atoms in total. The number of esters is 3. The minimum Gasteiger partial charge on any atom is -0.466 e. The minimum absolute atomic E-state index is 0.0156. The molecule has 3 rings (SSSR count). The van der Waals surface area contributed by atoms with Crippen molar-refractivity contribution in [2.24, 2.45) is 16.7 Å². The van der Waals surface area contributed by atoms with Crippen LogP contribution in [0.3, 0.4) is 0 Å². The summed E-state index contributed by atoms with van der Waals surface area (Å²) >= 11 is 0. The second kappa shape index (κ2) is 6.59. The van der Waals surface area contributed by atoms with E-state index in [0.717, 1.165) is 0 Å². The summed E-state index contributed by atoms with van der Waals surface area (Å²) in [5.41, 5.74) is -1.70. The van der Waals surface area contributed by atoms with Gasteiger partial charge in [-0.3, -0.25) is 9.59 Å². The second-order valence-electron chi connectivity index (χ2n) is 6.91. The van der Waals surface area contributed by atoms with Crippen LogP contribution < -0.4 is 4.74 Å². The summed E-state index contributed by atoms with van der Waals surface area (Å²) in [4.78, 5) is 37.6. The van der Waals surface area contributed by atoms with Gasteiger partial charge in [0.15, 0.2) is 5.41 Å². The van der Waals surface area contributed by atoms with Crippen molar-refractivity contribution < 1.29 is 28.6 Å². The molecule has 0 saturated heterocycles. The van der Waals surface area contributed by atoms with E-state index in [4.69, 9.17) is 14.2 Å². The minimum atomic E-state index is -1.42. The van der Waals surface area contributed by atoms with Crippen LogP contribution in [0.1, 0.15) is 26.2 Å². The third-order valence-corrected chi connectivity index (χ3v) is 5.49. The first-order valence-electron chi connectivity index (χ1n) is 8.62. The zero-order valence-electron chi connectivity index (χ0n) is 14.9. The normalized spacial score (nSPS) is 28.6. The molecule has 0 bridgehead atoms. The highest BCUT2D eigenvalue weighted by atomic mass is 16.6. The fourth-order valence-corrected chi connectivity index (χ4v) is 4.06. The molecule has 0 aliphatic heterocycles. The lowest BCUT2D eigenvalue weighted by Gasteiger charge is -2.28. The number of hydrogen-bond acceptors (Lipinski definition) is 6. The Balaban J connectivity index is 1.88. The van der Waals surface area contributed by atoms with Gasteiger partial charge in [0.1, 0.15) is 5.75 Å². The summed E-state index contributed by atoms with van der Waals surface area (Å²) < 4.78 is 15.4. The number of carbonyl (C=O) groups is 3. The lowest BCUT2D eigenvalue weighted by molar-refractivity contribution is -0.168. The Morgan fingerprint density at radius 3 is 2.46 bits per heavy atom. The summed E-state index contributed by atoms with van der Waals surface area (Å²) in [5, 5.41) is 0. The SMILES string of the molecule is C=C(C(=O)OC)C12CC1CC(C(=O)OCC)(C(=O)Oc1ccccc1)C2. The molecule has 0 N–H and O–H groups in total. The average molecular weight is 358 g/mol. The van der Waals surface area contributed by atoms with Crippen molar-refractivity contribution in [3.63, 3.8) is 0 Å². The highest BCUT2D eigenvalue weighted by Gasteiger charge is 2.73. The van der Waals surface area contributed by atoms with Crippen molar-refractivity contribution in [3.05, 3.63) is 42.5 Å². The molecule has 6 heteroatoms. The molecule has 1 aromatic rings. The summed E-state index contributed by atoms with van der Waals surface area (Å²) in [6.07, 6.45) is 1.15. The van der Waals surface area contributed by atoms with E-state index in [9.17, 15) is 14.4 Å². The largest absolute Gasteiger partial charge is 0.466 e. The van der Waals surface area contributed by atoms with Gasteiger partial charge in [-0.15, -0.1) is 0 Å². The third kappa shape index (κ3) is 2.79. The number of ether oxygens (including phenoxy) is 3. The van der Waals surface area contributed by atoms with Crippen LogP contribution in [0.25, 0.3) is 0 Å². The Morgan fingerprint density at radius 1 is 1.15 bits per heavy atom. The van der Waals surface area contributed by atoms with Gasteiger partial charge in [0, 0.05) is 11.0 Å². The number of fused-ring (bicyclic) bond motifs is 1. The Kier molecular flexibility index (Phi) is 4.61. The summed E-state index contributed by atoms with van der Waals surface area (Å²) in [6, 6.07) is 8.59. The molecule has 2 aliphatic carbocycles. The first-order valence-corrected chi connectivity index (χ1v) is 8.62. The molecular weight excluding hydrogens is 336 g/mol. The lowest BCUT2D eigenvalue weighted by atomic mass is 9.79. The summed E-state index contributed by atoms with van der Waals surface area (Å²) in [6.45, 7) is 5.71. The van der Waals surface area contributed by atoms with Crippen LogP contribution >= 0.6 is 0 Å². The Bertz CT molecular complexity index is 755. The quantitative estimate of drug-likeness (QED) is 0.337. The summed E-state index contributed by atoms with van der Waals surface area (Å²) in [7, 11) is 1.29. The van der Waals surface area contributed by atoms with Crippen molar-refractivity contribution in [2.75, 3.05) is 13.7 Å². The summed E-state index contributed by atoms with van der Waals surface area (Å²) in [5.74, 6) is -1.38. The van der Waals surface area contributed by atoms with Gasteiger partial charge in [-0.1, -0.05) is 24.8 Å². The van der Waals surface area contributed by atoms with Crippen LogP contribution in [0.15, 0.2) is 42.5 Å². The molecule has 138 valence electrons. The van der Waals surface area contributed by atoms with Gasteiger partial charge in [-0.05, 0) is 44.2 Å². The van der Waals surface area contributed by atoms with Gasteiger partial charge in [0.25, 0.3) is 0 Å². The number of hydrogen-bond donors (Lipinski definition) is 0. The molecular formula is C20H22O6. The van der Waals surface area contributed by atoms with E-state index in [1.165, 1.54) is 7.11 Å². The highest BCUT2D eigenvalue weighted by Crippen LogP contribution is 2.72. The van der Waals surface area contributed by atoms with Crippen LogP contribution in [0.4, 0.5) is 0 Å². The van der Waals surface area contributed by atoms with Crippen molar-refractivity contribution in [2.45, 2.75) is 26.2 Å². The predicted molar refractivity (Wildman–Crippen MR) is 92.1 cm³/mol. The van der Waals surface area contributed by atoms with E-state index in [-0.39, 0.29) is 25.4 Å². The van der Waals surface area contributed by atoms with E-state index in [1.807, 2.05) is 0 Å². The average Bonchev–Trinajstić information content (AvgIpc) is 3.23. The molecule has 3 atom stereocenters. The third-order valence-electron chi connectivity index (χ3n) is 5.49. The maximum absolute atomic E-state index is 13.0. The molecule has 2 aliphatic rings. The first kappa shape index (κ1) is 18.2. The molecule has 26 heavy (non-hydrogen) atoms. The number of para-hydroxylation sites is 1. The Morgan fingerprint density at radius 2 is 1.85 bits per heavy atom. The molecule has 0 radical (unpaired) electrons. The number of benzene rings is 1. The van der Waals surface area contributed by atoms with Gasteiger partial charge in [-0.25, -0.2) is 4.79 Å². The number of methoxy groups -OCH3 is 1. The molecule has 3 unspecified atom stereocenters. The molecule has 0 heterocycles. The fourth-order valence-electron chi connectivity index (χ4n) is 4.06. The predicted octanol–water partition coefficient (Wildman–Crippen LogP) is 2.67. The van der Waals surface area contributed by atoms with Crippen molar-refractivity contribution in [1.29, 1.82) is 0 Å². The van der Waals surface area contributed by atoms with E-state index in [1.54, 1.807) is 37.3 Å². The molecule has 2 fully saturated rings. The van der Waals surface area contributed by atoms with Gasteiger partial charge >= 0.3 is 17.9 Å². The van der Waals surface area contributed by atoms with E-state index in [2.05, 4.69) is 6.58 Å². The number of carbonyl (C=O) groups excluding carboxylic acids is 3. The van der Waals surface area contributed by atoms with Crippen molar-refractivity contribution in [3.8, 4) is 5.75 Å². The molecule has 0 spiro atoms. The van der Waals surface area contributed by atoms with Gasteiger partial charge in [0.05, 0.1) is 13.7 Å². The van der Waals surface area contributed by atoms with Gasteiger partial charge in [-0.2, -0.15) is 0 Å². The molecule has 1 aromatic carbocycles. The standard InChI is InChI=1S/C20H22O6/c1-4-25-17(22)20(18(23)26-15-8-6-5-7-9-15)11-14-10-19(14,12-20)13(2)16(21)24-3/h5-9,14H,2,4,10-12H2,1,3H3. The van der Waals surface area contributed by atoms with Crippen LogP contribution in [-0.2, 0) is 23.9 Å². The van der Waals surface area contributed by atoms with Crippen LogP contribution in [0.2, 0.25) is 0 Å². The highest BCUT2D eigenvalue weighted by molar-refractivity contribution is 6.02. The zero-order valence-corrected chi connectivity index (χ0v) is 14.9. The molecule has 0 aromatic heterocycles. The smallest absolute Gasteiger partial charge is 0.333 e. The maximum atomic E-state index is 13.0. The second-order valence-corrected chi connectivity index (χ2v) is 6.91. The van der Waals surface area contributed by atoms with E-state index in [0.29, 0.717) is 17.7 Å². The van der Waals surface area contributed by atoms with Crippen molar-refractivity contribution in [1.82, 2.24) is 0 Å². The topological polar surface area (TPSA) is 78.9 Å². The lowest BCUT2D eigenvalue weighted by Crippen LogP contribution is -2.43. The molecule has 2 saturated carbocycles. The van der Waals surface area contributed by atoms with E-state index >= 15 is 0 Å². The van der Waals surface area contributed by atoms with Crippen LogP contribution in [0.5, 0.6) is 5.75 Å². The number of rotatable bonds is 6. The Hall–Kier alpha value is -2.63. The van der Waals surface area contributed by atoms with Crippen LogP contribution in [0, 0.1) is 16.7 Å². The monoisotopic (exact) mass is 358 g/mol. The fraction of sp³-hybridized carbons (Fsp3) is 0.450. The first-order chi connectivity index (χ1) is 12.4. The maximum Gasteiger partial charge on any atom is 0.333 e. The molecule has 0 amide bonds. The van der Waals surface area contributed by atoms with Gasteiger partial charge in [0.2, 0.25) is 0 Å². The van der Waals surface area contributed by atoms with Crippen LogP contribution in [-0.4, -0.2) is 31.6 Å². The van der Waals surface area contributed by atoms with Crippen molar-refractivity contribution >= 4 is 17.9 Å². The Labute approximate surface area is 152 Å².